The van der Waals surface area contributed by atoms with Crippen molar-refractivity contribution < 1.29 is 14.3 Å². The molecule has 0 saturated carbocycles. The smallest absolute Gasteiger partial charge is 0.373 e. The summed E-state index contributed by atoms with van der Waals surface area (Å²) < 4.78 is 9.84. The van der Waals surface area contributed by atoms with Gasteiger partial charge >= 0.3 is 5.97 Å². The highest BCUT2D eigenvalue weighted by atomic mass is 16.6. The molecule has 0 fully saturated rings. The van der Waals surface area contributed by atoms with Crippen molar-refractivity contribution in [3.8, 4) is 0 Å². The summed E-state index contributed by atoms with van der Waals surface area (Å²) in [7, 11) is 1.50. The number of unbranched alkanes of at least 4 members (excludes halogenated alkanes) is 5. The number of hydrogen-bond donors (Lipinski definition) is 0. The highest BCUT2D eigenvalue weighted by Crippen LogP contribution is 2.08. The molecule has 0 amide bonds. The SMILES string of the molecule is CCCCCCC/C=C(/OC)C(=O)OCC. The van der Waals surface area contributed by atoms with Crippen LogP contribution >= 0.6 is 0 Å². The van der Waals surface area contributed by atoms with Crippen molar-refractivity contribution in [3.05, 3.63) is 11.8 Å². The fourth-order valence-electron chi connectivity index (χ4n) is 1.43. The van der Waals surface area contributed by atoms with Crippen LogP contribution < -0.4 is 0 Å². The molecule has 0 bridgehead atoms. The Kier molecular flexibility index (Phi) is 9.87. The maximum Gasteiger partial charge on any atom is 0.373 e. The van der Waals surface area contributed by atoms with Crippen molar-refractivity contribution in [1.29, 1.82) is 0 Å². The third-order valence-corrected chi connectivity index (χ3v) is 2.33. The second-order valence-corrected chi connectivity index (χ2v) is 3.70. The molecule has 3 heteroatoms. The highest BCUT2D eigenvalue weighted by molar-refractivity contribution is 5.86. The van der Waals surface area contributed by atoms with Crippen LogP contribution in [0.3, 0.4) is 0 Å². The van der Waals surface area contributed by atoms with E-state index in [1.54, 1.807) is 6.92 Å². The van der Waals surface area contributed by atoms with E-state index in [1.165, 1.54) is 32.8 Å². The second-order valence-electron chi connectivity index (χ2n) is 3.70. The molecular formula is C13H24O3. The van der Waals surface area contributed by atoms with Crippen molar-refractivity contribution >= 4 is 5.97 Å². The first-order valence-corrected chi connectivity index (χ1v) is 6.17. The molecule has 0 atom stereocenters. The van der Waals surface area contributed by atoms with E-state index < -0.39 is 0 Å². The van der Waals surface area contributed by atoms with E-state index in [-0.39, 0.29) is 5.97 Å². The molecule has 3 nitrogen and oxygen atoms in total. The van der Waals surface area contributed by atoms with Gasteiger partial charge in [0, 0.05) is 0 Å². The van der Waals surface area contributed by atoms with Crippen molar-refractivity contribution in [1.82, 2.24) is 0 Å². The average molecular weight is 228 g/mol. The first-order valence-electron chi connectivity index (χ1n) is 6.17. The van der Waals surface area contributed by atoms with Crippen molar-refractivity contribution in [2.45, 2.75) is 52.4 Å². The minimum Gasteiger partial charge on any atom is -0.490 e. The summed E-state index contributed by atoms with van der Waals surface area (Å²) in [4.78, 5) is 11.3. The largest absolute Gasteiger partial charge is 0.490 e. The van der Waals surface area contributed by atoms with E-state index in [2.05, 4.69) is 6.92 Å². The molecule has 0 aliphatic rings. The third kappa shape index (κ3) is 7.32. The number of esters is 1. The van der Waals surface area contributed by atoms with Crippen LogP contribution in [0.1, 0.15) is 52.4 Å². The van der Waals surface area contributed by atoms with Gasteiger partial charge in [-0.05, 0) is 25.8 Å². The van der Waals surface area contributed by atoms with Gasteiger partial charge in [-0.15, -0.1) is 0 Å². The van der Waals surface area contributed by atoms with Gasteiger partial charge in [-0.1, -0.05) is 32.6 Å². The Labute approximate surface area is 98.8 Å². The molecule has 0 aliphatic carbocycles. The topological polar surface area (TPSA) is 35.5 Å². The Morgan fingerprint density at radius 3 is 2.38 bits per heavy atom. The van der Waals surface area contributed by atoms with Gasteiger partial charge in [0.2, 0.25) is 0 Å². The zero-order chi connectivity index (χ0) is 12.2. The predicted octanol–water partition coefficient (Wildman–Crippen LogP) is 3.44. The molecule has 16 heavy (non-hydrogen) atoms. The average Bonchev–Trinajstić information content (AvgIpc) is 2.28. The number of carbonyl (C=O) groups is 1. The zero-order valence-corrected chi connectivity index (χ0v) is 10.8. The van der Waals surface area contributed by atoms with Crippen LogP contribution in [-0.2, 0) is 14.3 Å². The molecular weight excluding hydrogens is 204 g/mol. The molecule has 0 radical (unpaired) electrons. The summed E-state index contributed by atoms with van der Waals surface area (Å²) in [6, 6.07) is 0. The second kappa shape index (κ2) is 10.5. The van der Waals surface area contributed by atoms with Crippen LogP contribution in [0.15, 0.2) is 11.8 Å². The first-order chi connectivity index (χ1) is 7.76. The molecule has 0 aromatic rings. The minimum atomic E-state index is -0.362. The number of rotatable bonds is 9. The quantitative estimate of drug-likeness (QED) is 0.262. The summed E-state index contributed by atoms with van der Waals surface area (Å²) in [5, 5.41) is 0. The maximum atomic E-state index is 11.3. The van der Waals surface area contributed by atoms with Crippen molar-refractivity contribution in [2.75, 3.05) is 13.7 Å². The number of methoxy groups -OCH3 is 1. The molecule has 0 rings (SSSR count). The first kappa shape index (κ1) is 15.0. The molecule has 0 unspecified atom stereocenters. The molecule has 0 aromatic heterocycles. The van der Waals surface area contributed by atoms with Crippen LogP contribution in [0.25, 0.3) is 0 Å². The Morgan fingerprint density at radius 1 is 1.12 bits per heavy atom. The predicted molar refractivity (Wildman–Crippen MR) is 65.1 cm³/mol. The van der Waals surface area contributed by atoms with Gasteiger partial charge in [0.1, 0.15) is 0 Å². The van der Waals surface area contributed by atoms with E-state index in [0.29, 0.717) is 12.4 Å². The van der Waals surface area contributed by atoms with Gasteiger partial charge < -0.3 is 9.47 Å². The number of ether oxygens (including phenoxy) is 2. The van der Waals surface area contributed by atoms with Gasteiger partial charge in [0.15, 0.2) is 5.76 Å². The minimum absolute atomic E-state index is 0.331. The van der Waals surface area contributed by atoms with Crippen molar-refractivity contribution in [2.24, 2.45) is 0 Å². The summed E-state index contributed by atoms with van der Waals surface area (Å²) in [6.45, 7) is 4.37. The summed E-state index contributed by atoms with van der Waals surface area (Å²) >= 11 is 0. The lowest BCUT2D eigenvalue weighted by atomic mass is 10.1. The molecule has 0 spiro atoms. The lowest BCUT2D eigenvalue weighted by Crippen LogP contribution is -2.09. The molecule has 0 aromatic carbocycles. The molecule has 94 valence electrons. The van der Waals surface area contributed by atoms with Crippen LogP contribution in [0.5, 0.6) is 0 Å². The van der Waals surface area contributed by atoms with E-state index in [1.807, 2.05) is 6.08 Å². The Balaban J connectivity index is 3.75. The van der Waals surface area contributed by atoms with Crippen LogP contribution in [0.4, 0.5) is 0 Å². The monoisotopic (exact) mass is 228 g/mol. The van der Waals surface area contributed by atoms with Crippen LogP contribution in [0, 0.1) is 0 Å². The molecule has 0 N–H and O–H groups in total. The van der Waals surface area contributed by atoms with E-state index in [4.69, 9.17) is 9.47 Å². The van der Waals surface area contributed by atoms with Crippen LogP contribution in [-0.4, -0.2) is 19.7 Å². The maximum absolute atomic E-state index is 11.3. The van der Waals surface area contributed by atoms with Gasteiger partial charge in [0.25, 0.3) is 0 Å². The fraction of sp³-hybridized carbons (Fsp3) is 0.769. The van der Waals surface area contributed by atoms with Gasteiger partial charge in [-0.3, -0.25) is 0 Å². The van der Waals surface area contributed by atoms with E-state index in [9.17, 15) is 4.79 Å². The van der Waals surface area contributed by atoms with Gasteiger partial charge in [-0.2, -0.15) is 0 Å². The molecule has 0 aliphatic heterocycles. The fourth-order valence-corrected chi connectivity index (χ4v) is 1.43. The summed E-state index contributed by atoms with van der Waals surface area (Å²) in [5.74, 6) is -0.0316. The standard InChI is InChI=1S/C13H24O3/c1-4-6-7-8-9-10-11-12(15-3)13(14)16-5-2/h11H,4-10H2,1-3H3/b12-11+. The highest BCUT2D eigenvalue weighted by Gasteiger charge is 2.09. The normalized spacial score (nSPS) is 11.3. The summed E-state index contributed by atoms with van der Waals surface area (Å²) in [6.07, 6.45) is 8.83. The van der Waals surface area contributed by atoms with Crippen molar-refractivity contribution in [3.63, 3.8) is 0 Å². The molecule has 0 heterocycles. The lowest BCUT2D eigenvalue weighted by Gasteiger charge is -2.05. The number of allylic oxidation sites excluding steroid dienone is 1. The number of hydrogen-bond acceptors (Lipinski definition) is 3. The van der Waals surface area contributed by atoms with E-state index in [0.717, 1.165) is 12.8 Å². The van der Waals surface area contributed by atoms with E-state index >= 15 is 0 Å². The molecule has 0 saturated heterocycles. The summed E-state index contributed by atoms with van der Waals surface area (Å²) in [5.41, 5.74) is 0. The zero-order valence-electron chi connectivity index (χ0n) is 10.8. The van der Waals surface area contributed by atoms with Crippen LogP contribution in [0.2, 0.25) is 0 Å². The third-order valence-electron chi connectivity index (χ3n) is 2.33. The number of carbonyl (C=O) groups excluding carboxylic acids is 1. The van der Waals surface area contributed by atoms with Gasteiger partial charge in [-0.25, -0.2) is 4.79 Å². The lowest BCUT2D eigenvalue weighted by molar-refractivity contribution is -0.142. The Hall–Kier alpha value is -0.990. The Morgan fingerprint density at radius 2 is 1.81 bits per heavy atom. The Bertz CT molecular complexity index is 209. The van der Waals surface area contributed by atoms with Gasteiger partial charge in [0.05, 0.1) is 13.7 Å².